The molecule has 0 aliphatic rings. The van der Waals surface area contributed by atoms with E-state index in [0.717, 1.165) is 4.90 Å². The molecule has 1 aromatic heterocycles. The molecule has 108 valence electrons. The maximum atomic E-state index is 12.4. The normalized spacial score (nSPS) is 12.1. The van der Waals surface area contributed by atoms with E-state index in [9.17, 15) is 18.0 Å². The van der Waals surface area contributed by atoms with Gasteiger partial charge in [-0.15, -0.1) is 0 Å². The van der Waals surface area contributed by atoms with Gasteiger partial charge in [0.2, 0.25) is 0 Å². The van der Waals surface area contributed by atoms with Gasteiger partial charge in [-0.1, -0.05) is 6.92 Å². The maximum absolute atomic E-state index is 12.4. The fraction of sp³-hybridized carbons (Fsp3) is 0.636. The number of hydrogen-bond donors (Lipinski definition) is 1. The number of hydrogen-bond acceptors (Lipinski definition) is 3. The van der Waals surface area contributed by atoms with Crippen LogP contribution in [0.1, 0.15) is 18.2 Å². The Bertz CT molecular complexity index is 443. The lowest BCUT2D eigenvalue weighted by Crippen LogP contribution is -2.37. The van der Waals surface area contributed by atoms with Crippen LogP contribution in [0.2, 0.25) is 0 Å². The Hall–Kier alpha value is -1.57. The lowest BCUT2D eigenvalue weighted by molar-refractivity contribution is -0.154. The fourth-order valence-corrected chi connectivity index (χ4v) is 1.87. The topological polar surface area (TPSA) is 58.4 Å². The first kappa shape index (κ1) is 15.5. The second-order valence-electron chi connectivity index (χ2n) is 4.28. The molecule has 1 heterocycles. The van der Waals surface area contributed by atoms with Crippen molar-refractivity contribution in [3.63, 3.8) is 0 Å². The van der Waals surface area contributed by atoms with Crippen molar-refractivity contribution in [2.45, 2.75) is 26.1 Å². The molecule has 0 bridgehead atoms. The number of aryl methyl sites for hydroxylation is 2. The number of halogens is 3. The third-order valence-electron chi connectivity index (χ3n) is 2.48. The molecule has 19 heavy (non-hydrogen) atoms. The minimum Gasteiger partial charge on any atom is -0.480 e. The van der Waals surface area contributed by atoms with Crippen molar-refractivity contribution >= 4 is 5.97 Å². The summed E-state index contributed by atoms with van der Waals surface area (Å²) in [4.78, 5) is 11.5. The molecule has 0 spiro atoms. The van der Waals surface area contributed by atoms with E-state index in [1.807, 2.05) is 6.92 Å². The van der Waals surface area contributed by atoms with Gasteiger partial charge in [0.1, 0.15) is 0 Å². The van der Waals surface area contributed by atoms with Gasteiger partial charge < -0.3 is 5.11 Å². The summed E-state index contributed by atoms with van der Waals surface area (Å²) in [6.07, 6.45) is -2.23. The van der Waals surface area contributed by atoms with E-state index in [0.29, 0.717) is 17.7 Å². The second-order valence-corrected chi connectivity index (χ2v) is 4.28. The molecule has 5 nitrogen and oxygen atoms in total. The predicted octanol–water partition coefficient (Wildman–Crippen LogP) is 1.43. The Kier molecular flexibility index (Phi) is 4.93. The quantitative estimate of drug-likeness (QED) is 0.856. The molecule has 0 saturated carbocycles. The van der Waals surface area contributed by atoms with Crippen molar-refractivity contribution in [3.8, 4) is 0 Å². The van der Waals surface area contributed by atoms with Gasteiger partial charge in [-0.2, -0.15) is 18.3 Å². The molecule has 0 aliphatic carbocycles. The average Bonchev–Trinajstić information content (AvgIpc) is 2.54. The van der Waals surface area contributed by atoms with Crippen LogP contribution >= 0.6 is 0 Å². The minimum absolute atomic E-state index is 0.0805. The third kappa shape index (κ3) is 5.29. The Morgan fingerprint density at radius 3 is 2.63 bits per heavy atom. The number of carboxylic acid groups (broad SMARTS) is 1. The molecular formula is C11H16F3N3O2. The first-order chi connectivity index (χ1) is 8.71. The number of carbonyl (C=O) groups is 1. The van der Waals surface area contributed by atoms with Gasteiger partial charge in [0.05, 0.1) is 18.8 Å². The Morgan fingerprint density at radius 2 is 2.16 bits per heavy atom. The number of nitrogens with zero attached hydrogens (tertiary/aromatic N) is 3. The highest BCUT2D eigenvalue weighted by molar-refractivity contribution is 5.69. The molecule has 0 unspecified atom stereocenters. The number of aromatic nitrogens is 2. The summed E-state index contributed by atoms with van der Waals surface area (Å²) < 4.78 is 38.7. The van der Waals surface area contributed by atoms with E-state index < -0.39 is 25.2 Å². The monoisotopic (exact) mass is 279 g/mol. The summed E-state index contributed by atoms with van der Waals surface area (Å²) in [7, 11) is 1.67. The summed E-state index contributed by atoms with van der Waals surface area (Å²) in [5.41, 5.74) is 1.30. The van der Waals surface area contributed by atoms with Crippen molar-refractivity contribution in [1.82, 2.24) is 14.7 Å². The van der Waals surface area contributed by atoms with Crippen LogP contribution in [0.5, 0.6) is 0 Å². The first-order valence-corrected chi connectivity index (χ1v) is 5.73. The Balaban J connectivity index is 2.83. The largest absolute Gasteiger partial charge is 0.480 e. The highest BCUT2D eigenvalue weighted by Crippen LogP contribution is 2.19. The molecule has 0 saturated heterocycles. The second kappa shape index (κ2) is 6.05. The number of carboxylic acids is 1. The van der Waals surface area contributed by atoms with Crippen LogP contribution in [0.3, 0.4) is 0 Å². The SMILES string of the molecule is CCc1nn(C)cc1CN(CC(=O)O)CC(F)(F)F. The van der Waals surface area contributed by atoms with Crippen LogP contribution in [-0.2, 0) is 24.8 Å². The molecule has 1 rings (SSSR count). The van der Waals surface area contributed by atoms with Crippen molar-refractivity contribution < 1.29 is 23.1 Å². The van der Waals surface area contributed by atoms with Crippen LogP contribution in [0.4, 0.5) is 13.2 Å². The summed E-state index contributed by atoms with van der Waals surface area (Å²) in [6, 6.07) is 0. The van der Waals surface area contributed by atoms with E-state index >= 15 is 0 Å². The van der Waals surface area contributed by atoms with Gasteiger partial charge in [-0.3, -0.25) is 14.4 Å². The molecule has 1 N–H and O–H groups in total. The van der Waals surface area contributed by atoms with Crippen molar-refractivity contribution in [3.05, 3.63) is 17.5 Å². The zero-order valence-electron chi connectivity index (χ0n) is 10.7. The van der Waals surface area contributed by atoms with Gasteiger partial charge >= 0.3 is 12.1 Å². The molecule has 0 aliphatic heterocycles. The van der Waals surface area contributed by atoms with E-state index in [4.69, 9.17) is 5.11 Å². The zero-order chi connectivity index (χ0) is 14.6. The minimum atomic E-state index is -4.43. The van der Waals surface area contributed by atoms with Crippen molar-refractivity contribution in [2.24, 2.45) is 7.05 Å². The summed E-state index contributed by atoms with van der Waals surface area (Å²) in [6.45, 7) is -0.144. The summed E-state index contributed by atoms with van der Waals surface area (Å²) in [5.74, 6) is -1.29. The lowest BCUT2D eigenvalue weighted by atomic mass is 10.2. The van der Waals surface area contributed by atoms with Gasteiger partial charge in [0.25, 0.3) is 0 Å². The van der Waals surface area contributed by atoms with Gasteiger partial charge in [0, 0.05) is 25.4 Å². The molecule has 1 aromatic rings. The first-order valence-electron chi connectivity index (χ1n) is 5.73. The molecular weight excluding hydrogens is 263 g/mol. The number of aliphatic carboxylic acids is 1. The van der Waals surface area contributed by atoms with Crippen LogP contribution in [0.15, 0.2) is 6.20 Å². The molecule has 8 heteroatoms. The lowest BCUT2D eigenvalue weighted by Gasteiger charge is -2.21. The van der Waals surface area contributed by atoms with Crippen molar-refractivity contribution in [1.29, 1.82) is 0 Å². The molecule has 0 amide bonds. The van der Waals surface area contributed by atoms with E-state index in [-0.39, 0.29) is 6.54 Å². The maximum Gasteiger partial charge on any atom is 0.401 e. The zero-order valence-corrected chi connectivity index (χ0v) is 10.7. The van der Waals surface area contributed by atoms with Crippen LogP contribution in [0, 0.1) is 0 Å². The number of rotatable bonds is 6. The van der Waals surface area contributed by atoms with Crippen LogP contribution in [-0.4, -0.2) is 45.0 Å². The van der Waals surface area contributed by atoms with Crippen molar-refractivity contribution in [2.75, 3.05) is 13.1 Å². The Labute approximate surface area is 108 Å². The number of alkyl halides is 3. The van der Waals surface area contributed by atoms with E-state index in [1.165, 1.54) is 4.68 Å². The average molecular weight is 279 g/mol. The molecule has 0 fully saturated rings. The van der Waals surface area contributed by atoms with Gasteiger partial charge in [-0.05, 0) is 6.42 Å². The smallest absolute Gasteiger partial charge is 0.401 e. The van der Waals surface area contributed by atoms with Crippen LogP contribution in [0.25, 0.3) is 0 Å². The molecule has 0 atom stereocenters. The van der Waals surface area contributed by atoms with Crippen LogP contribution < -0.4 is 0 Å². The fourth-order valence-electron chi connectivity index (χ4n) is 1.87. The van der Waals surface area contributed by atoms with E-state index in [2.05, 4.69) is 5.10 Å². The van der Waals surface area contributed by atoms with E-state index in [1.54, 1.807) is 13.2 Å². The molecule has 0 radical (unpaired) electrons. The highest BCUT2D eigenvalue weighted by Gasteiger charge is 2.32. The molecule has 0 aromatic carbocycles. The summed E-state index contributed by atoms with van der Waals surface area (Å²) in [5, 5.41) is 12.8. The van der Waals surface area contributed by atoms with Gasteiger partial charge in [0.15, 0.2) is 0 Å². The standard InChI is InChI=1S/C11H16F3N3O2/c1-3-9-8(4-16(2)15-9)5-17(6-10(18)19)7-11(12,13)14/h4H,3,5-7H2,1-2H3,(H,18,19). The predicted molar refractivity (Wildman–Crippen MR) is 61.6 cm³/mol. The summed E-state index contributed by atoms with van der Waals surface area (Å²) >= 11 is 0. The Morgan fingerprint density at radius 1 is 1.53 bits per heavy atom. The van der Waals surface area contributed by atoms with Gasteiger partial charge in [-0.25, -0.2) is 0 Å². The third-order valence-corrected chi connectivity index (χ3v) is 2.48. The highest BCUT2D eigenvalue weighted by atomic mass is 19.4.